The summed E-state index contributed by atoms with van der Waals surface area (Å²) in [6.07, 6.45) is 1.94. The van der Waals surface area contributed by atoms with Crippen LogP contribution in [0.3, 0.4) is 0 Å². The van der Waals surface area contributed by atoms with Gasteiger partial charge in [0.2, 0.25) is 0 Å². The molecule has 76 valence electrons. The van der Waals surface area contributed by atoms with Crippen LogP contribution in [0, 0.1) is 0 Å². The maximum absolute atomic E-state index is 6.08. The molecule has 1 aromatic heterocycles. The van der Waals surface area contributed by atoms with E-state index < -0.39 is 0 Å². The third-order valence-corrected chi connectivity index (χ3v) is 2.43. The Kier molecular flexibility index (Phi) is 3.12. The van der Waals surface area contributed by atoms with E-state index in [2.05, 4.69) is 0 Å². The van der Waals surface area contributed by atoms with Crippen molar-refractivity contribution in [3.8, 4) is 11.3 Å². The molecule has 0 fully saturated rings. The number of benzene rings is 1. The van der Waals surface area contributed by atoms with Gasteiger partial charge in [0.25, 0.3) is 0 Å². The molecule has 0 unspecified atom stereocenters. The fraction of sp³-hybridized carbons (Fsp3) is 0.182. The van der Waals surface area contributed by atoms with E-state index in [9.17, 15) is 0 Å². The Morgan fingerprint density at radius 3 is 2.87 bits per heavy atom. The summed E-state index contributed by atoms with van der Waals surface area (Å²) in [4.78, 5) is 0. The summed E-state index contributed by atoms with van der Waals surface area (Å²) in [6.45, 7) is 2.64. The van der Waals surface area contributed by atoms with Crippen LogP contribution in [-0.2, 0) is 0 Å². The van der Waals surface area contributed by atoms with Crippen LogP contribution in [0.2, 0.25) is 5.02 Å². The molecular weight excluding hydrogens is 208 g/mol. The van der Waals surface area contributed by atoms with Gasteiger partial charge in [-0.1, -0.05) is 0 Å². The predicted molar refractivity (Wildman–Crippen MR) is 63.3 cm³/mol. The van der Waals surface area contributed by atoms with Crippen molar-refractivity contribution >= 4 is 18.7 Å². The number of rotatable bonds is 3. The number of nitrogens with zero attached hydrogens (tertiary/aromatic N) is 1. The monoisotopic (exact) mass is 219 g/mol. The summed E-state index contributed by atoms with van der Waals surface area (Å²) in [7, 11) is 1.92. The fourth-order valence-electron chi connectivity index (χ4n) is 1.44. The molecule has 2 aromatic rings. The Morgan fingerprint density at radius 2 is 2.13 bits per heavy atom. The van der Waals surface area contributed by atoms with Crippen molar-refractivity contribution < 1.29 is 4.74 Å². The quantitative estimate of drug-likeness (QED) is 0.774. The van der Waals surface area contributed by atoms with Crippen molar-refractivity contribution in [2.45, 2.75) is 6.92 Å². The number of hydrogen-bond acceptors (Lipinski definition) is 1. The first-order valence-electron chi connectivity index (χ1n) is 4.87. The van der Waals surface area contributed by atoms with Crippen LogP contribution in [0.1, 0.15) is 6.92 Å². The van der Waals surface area contributed by atoms with Gasteiger partial charge in [0.1, 0.15) is 0 Å². The van der Waals surface area contributed by atoms with Crippen molar-refractivity contribution in [3.05, 3.63) is 41.6 Å². The number of ether oxygens (including phenoxy) is 1. The average Bonchev–Trinajstić information content (AvgIpc) is 2.68. The third-order valence-electron chi connectivity index (χ3n) is 2.11. The standard InChI is InChI=1S/C11H11BClNO/c1-2-15-11-7-8-14(12-11)10-6-4-3-5-9(10)13/h3-8H,2H2,1H3. The molecule has 0 aliphatic heterocycles. The summed E-state index contributed by atoms with van der Waals surface area (Å²) in [5, 5.41) is 0.733. The van der Waals surface area contributed by atoms with Crippen molar-refractivity contribution in [1.29, 1.82) is 0 Å². The second-order valence-electron chi connectivity index (χ2n) is 3.14. The molecule has 0 aliphatic carbocycles. The first-order chi connectivity index (χ1) is 7.31. The first kappa shape index (κ1) is 10.3. The summed E-state index contributed by atoms with van der Waals surface area (Å²) in [5.41, 5.74) is 1.82. The van der Waals surface area contributed by atoms with Gasteiger partial charge in [0.05, 0.1) is 0 Å². The summed E-state index contributed by atoms with van der Waals surface area (Å²) < 4.78 is 7.34. The number of para-hydroxylation sites is 1. The maximum atomic E-state index is 6.08. The fourth-order valence-corrected chi connectivity index (χ4v) is 1.67. The molecule has 1 heterocycles. The Hall–Kier alpha value is -1.22. The molecule has 0 saturated carbocycles. The number of aromatic nitrogens is 1. The average molecular weight is 219 g/mol. The molecule has 1 aromatic carbocycles. The van der Waals surface area contributed by atoms with Gasteiger partial charge in [-0.2, -0.15) is 0 Å². The van der Waals surface area contributed by atoms with Crippen molar-refractivity contribution in [2.24, 2.45) is 0 Å². The normalized spacial score (nSPS) is 10.0. The van der Waals surface area contributed by atoms with Gasteiger partial charge < -0.3 is 0 Å². The minimum absolute atomic E-state index is 0.673. The van der Waals surface area contributed by atoms with E-state index in [-0.39, 0.29) is 0 Å². The third kappa shape index (κ3) is 2.24. The van der Waals surface area contributed by atoms with Gasteiger partial charge in [-0.05, 0) is 0 Å². The zero-order valence-electron chi connectivity index (χ0n) is 8.48. The molecule has 0 bridgehead atoms. The van der Waals surface area contributed by atoms with E-state index in [4.69, 9.17) is 16.3 Å². The van der Waals surface area contributed by atoms with Crippen LogP contribution in [0.15, 0.2) is 36.5 Å². The molecular formula is C11H11BClNO. The Morgan fingerprint density at radius 1 is 1.33 bits per heavy atom. The van der Waals surface area contributed by atoms with Gasteiger partial charge in [0.15, 0.2) is 0 Å². The number of hydrogen-bond donors (Lipinski definition) is 0. The Bertz CT molecular complexity index is 455. The molecule has 0 saturated heterocycles. The van der Waals surface area contributed by atoms with E-state index >= 15 is 0 Å². The van der Waals surface area contributed by atoms with E-state index in [0.717, 1.165) is 16.4 Å². The van der Waals surface area contributed by atoms with Gasteiger partial charge in [-0.3, -0.25) is 0 Å². The van der Waals surface area contributed by atoms with Crippen LogP contribution in [0.5, 0.6) is 5.64 Å². The molecule has 2 nitrogen and oxygen atoms in total. The van der Waals surface area contributed by atoms with Gasteiger partial charge >= 0.3 is 94.3 Å². The molecule has 15 heavy (non-hydrogen) atoms. The van der Waals surface area contributed by atoms with Gasteiger partial charge in [0, 0.05) is 0 Å². The molecule has 0 spiro atoms. The second kappa shape index (κ2) is 4.54. The van der Waals surface area contributed by atoms with E-state index in [1.165, 1.54) is 0 Å². The van der Waals surface area contributed by atoms with Gasteiger partial charge in [-0.25, -0.2) is 0 Å². The summed E-state index contributed by atoms with van der Waals surface area (Å²) >= 11 is 6.08. The SMILES string of the molecule is CCOc1bn(-c2ccccc2Cl)cc1. The second-order valence-corrected chi connectivity index (χ2v) is 3.55. The Labute approximate surface area is 94.7 Å². The number of halogens is 1. The van der Waals surface area contributed by atoms with Gasteiger partial charge in [-0.15, -0.1) is 0 Å². The summed E-state index contributed by atoms with van der Waals surface area (Å²) in [5.74, 6) is 0. The zero-order chi connectivity index (χ0) is 10.7. The van der Waals surface area contributed by atoms with Crippen molar-refractivity contribution in [3.63, 3.8) is 0 Å². The first-order valence-corrected chi connectivity index (χ1v) is 5.24. The molecule has 0 amide bonds. The van der Waals surface area contributed by atoms with Crippen molar-refractivity contribution in [2.75, 3.05) is 6.61 Å². The van der Waals surface area contributed by atoms with E-state index in [1.807, 2.05) is 55.0 Å². The predicted octanol–water partition coefficient (Wildman–Crippen LogP) is 2.87. The van der Waals surface area contributed by atoms with Crippen LogP contribution in [0.4, 0.5) is 0 Å². The molecule has 0 radical (unpaired) electrons. The van der Waals surface area contributed by atoms with Crippen LogP contribution >= 0.6 is 11.6 Å². The Balaban J connectivity index is 2.33. The molecule has 0 N–H and O–H groups in total. The van der Waals surface area contributed by atoms with Crippen LogP contribution in [0.25, 0.3) is 5.69 Å². The molecule has 4 heteroatoms. The van der Waals surface area contributed by atoms with Crippen molar-refractivity contribution in [1.82, 2.24) is 4.47 Å². The summed E-state index contributed by atoms with van der Waals surface area (Å²) in [6, 6.07) is 9.64. The minimum atomic E-state index is 0.673. The molecule has 0 aliphatic rings. The van der Waals surface area contributed by atoms with E-state index in [1.54, 1.807) is 0 Å². The molecule has 0 atom stereocenters. The van der Waals surface area contributed by atoms with Crippen LogP contribution < -0.4 is 4.74 Å². The molecule has 2 rings (SSSR count). The topological polar surface area (TPSA) is 14.2 Å². The zero-order valence-corrected chi connectivity index (χ0v) is 9.24. The van der Waals surface area contributed by atoms with E-state index in [0.29, 0.717) is 6.61 Å². The van der Waals surface area contributed by atoms with Crippen LogP contribution in [-0.4, -0.2) is 18.1 Å².